The fourth-order valence-electron chi connectivity index (χ4n) is 3.40. The molecule has 25 heavy (non-hydrogen) atoms. The molecule has 1 aromatic carbocycles. The van der Waals surface area contributed by atoms with E-state index in [9.17, 15) is 8.42 Å². The molecule has 1 aliphatic heterocycles. The molecule has 0 unspecified atom stereocenters. The highest BCUT2D eigenvalue weighted by molar-refractivity contribution is 8.22. The first-order valence-electron chi connectivity index (χ1n) is 8.66. The molecule has 1 aromatic rings. The summed E-state index contributed by atoms with van der Waals surface area (Å²) in [6, 6.07) is 6.82. The second kappa shape index (κ2) is 8.84. The molecule has 0 saturated carbocycles. The van der Waals surface area contributed by atoms with E-state index in [4.69, 9.17) is 17.0 Å². The van der Waals surface area contributed by atoms with Gasteiger partial charge in [0.1, 0.15) is 6.10 Å². The van der Waals surface area contributed by atoms with Gasteiger partial charge in [0.2, 0.25) is 14.4 Å². The molecule has 0 bridgehead atoms. The van der Waals surface area contributed by atoms with Crippen molar-refractivity contribution in [3.8, 4) is 0 Å². The van der Waals surface area contributed by atoms with Gasteiger partial charge in [-0.3, -0.25) is 0 Å². The number of ether oxygens (including phenoxy) is 1. The van der Waals surface area contributed by atoms with Gasteiger partial charge in [-0.2, -0.15) is 4.31 Å². The van der Waals surface area contributed by atoms with Crippen LogP contribution in [0.4, 0.5) is 0 Å². The average Bonchev–Trinajstić information content (AvgIpc) is 2.57. The van der Waals surface area contributed by atoms with Crippen molar-refractivity contribution in [2.24, 2.45) is 0 Å². The molecule has 1 fully saturated rings. The zero-order valence-corrected chi connectivity index (χ0v) is 17.7. The lowest BCUT2D eigenvalue weighted by atomic mass is 9.94. The number of benzene rings is 1. The van der Waals surface area contributed by atoms with Crippen LogP contribution in [0.25, 0.3) is 0 Å². The van der Waals surface area contributed by atoms with Crippen LogP contribution in [0.1, 0.15) is 45.1 Å². The molecule has 1 aliphatic rings. The number of hydrogen-bond acceptors (Lipinski definition) is 5. The topological polar surface area (TPSA) is 46.6 Å². The molecule has 4 nitrogen and oxygen atoms in total. The minimum atomic E-state index is -3.57. The normalized spacial score (nSPS) is 24.9. The molecule has 0 spiro atoms. The van der Waals surface area contributed by atoms with Crippen LogP contribution in [0.15, 0.2) is 29.2 Å². The molecule has 7 heteroatoms. The van der Waals surface area contributed by atoms with Crippen LogP contribution in [-0.2, 0) is 14.8 Å². The predicted octanol–water partition coefficient (Wildman–Crippen LogP) is 4.37. The Hall–Kier alpha value is -0.630. The fourth-order valence-corrected chi connectivity index (χ4v) is 5.65. The summed E-state index contributed by atoms with van der Waals surface area (Å²) in [6.45, 7) is 5.97. The van der Waals surface area contributed by atoms with Crippen LogP contribution in [0, 0.1) is 6.92 Å². The smallest absolute Gasteiger partial charge is 0.243 e. The van der Waals surface area contributed by atoms with Gasteiger partial charge >= 0.3 is 0 Å². The van der Waals surface area contributed by atoms with E-state index in [0.717, 1.165) is 31.2 Å². The maximum absolute atomic E-state index is 13.3. The highest BCUT2D eigenvalue weighted by atomic mass is 32.2. The van der Waals surface area contributed by atoms with Crippen molar-refractivity contribution in [3.05, 3.63) is 29.8 Å². The molecule has 0 amide bonds. The quantitative estimate of drug-likeness (QED) is 0.686. The van der Waals surface area contributed by atoms with Crippen molar-refractivity contribution in [2.45, 2.75) is 69.5 Å². The fraction of sp³-hybridized carbons (Fsp3) is 0.611. The molecule has 0 N–H and O–H groups in total. The van der Waals surface area contributed by atoms with Crippen molar-refractivity contribution in [1.82, 2.24) is 4.31 Å². The summed E-state index contributed by atoms with van der Waals surface area (Å²) < 4.78 is 34.6. The molecular formula is C18H27NO3S3. The minimum Gasteiger partial charge on any atom is -0.474 e. The Bertz CT molecular complexity index is 688. The number of piperidine rings is 1. The van der Waals surface area contributed by atoms with E-state index in [0.29, 0.717) is 9.28 Å². The van der Waals surface area contributed by atoms with Gasteiger partial charge in [0.25, 0.3) is 0 Å². The average molecular weight is 402 g/mol. The first kappa shape index (κ1) is 20.7. The molecule has 0 aliphatic carbocycles. The lowest BCUT2D eigenvalue weighted by molar-refractivity contribution is 0.0461. The number of rotatable bonds is 5. The highest BCUT2D eigenvalue weighted by Crippen LogP contribution is 2.34. The second-order valence-corrected chi connectivity index (χ2v) is 9.77. The van der Waals surface area contributed by atoms with Crippen LogP contribution in [0.5, 0.6) is 0 Å². The summed E-state index contributed by atoms with van der Waals surface area (Å²) in [4.78, 5) is 0.346. The summed E-state index contributed by atoms with van der Waals surface area (Å²) in [5, 5.41) is 0. The Kier molecular flexibility index (Phi) is 7.31. The van der Waals surface area contributed by atoms with E-state index in [1.807, 2.05) is 32.2 Å². The summed E-state index contributed by atoms with van der Waals surface area (Å²) in [6.07, 6.45) is 5.10. The zero-order valence-electron chi connectivity index (χ0n) is 15.3. The van der Waals surface area contributed by atoms with Gasteiger partial charge in [-0.05, 0) is 63.7 Å². The molecule has 0 aromatic heterocycles. The van der Waals surface area contributed by atoms with E-state index in [1.54, 1.807) is 16.4 Å². The maximum Gasteiger partial charge on any atom is 0.243 e. The van der Waals surface area contributed by atoms with Gasteiger partial charge in [-0.1, -0.05) is 42.8 Å². The van der Waals surface area contributed by atoms with Gasteiger partial charge in [-0.15, -0.1) is 0 Å². The zero-order chi connectivity index (χ0) is 18.6. The Morgan fingerprint density at radius 2 is 1.96 bits per heavy atom. The van der Waals surface area contributed by atoms with Gasteiger partial charge in [0, 0.05) is 6.04 Å². The highest BCUT2D eigenvalue weighted by Gasteiger charge is 2.43. The van der Waals surface area contributed by atoms with Crippen molar-refractivity contribution in [2.75, 3.05) is 6.26 Å². The molecule has 140 valence electrons. The predicted molar refractivity (Wildman–Crippen MR) is 109 cm³/mol. The van der Waals surface area contributed by atoms with E-state index in [1.165, 1.54) is 11.8 Å². The maximum atomic E-state index is 13.3. The largest absolute Gasteiger partial charge is 0.474 e. The van der Waals surface area contributed by atoms with Crippen LogP contribution >= 0.6 is 24.0 Å². The first-order valence-corrected chi connectivity index (χ1v) is 11.7. The first-order chi connectivity index (χ1) is 11.8. The number of thioether (sulfide) groups is 1. The Morgan fingerprint density at radius 1 is 1.32 bits per heavy atom. The van der Waals surface area contributed by atoms with E-state index in [2.05, 4.69) is 6.92 Å². The monoisotopic (exact) mass is 401 g/mol. The number of sulfonamides is 1. The van der Waals surface area contributed by atoms with Crippen molar-refractivity contribution >= 4 is 38.4 Å². The van der Waals surface area contributed by atoms with Gasteiger partial charge in [0.15, 0.2) is 0 Å². The lowest BCUT2D eigenvalue weighted by Gasteiger charge is -2.43. The van der Waals surface area contributed by atoms with Crippen LogP contribution < -0.4 is 0 Å². The van der Waals surface area contributed by atoms with Crippen LogP contribution in [-0.4, -0.2) is 41.5 Å². The third-order valence-electron chi connectivity index (χ3n) is 4.72. The lowest BCUT2D eigenvalue weighted by Crippen LogP contribution is -2.55. The van der Waals surface area contributed by atoms with Crippen molar-refractivity contribution in [3.63, 3.8) is 0 Å². The van der Waals surface area contributed by atoms with Crippen molar-refractivity contribution < 1.29 is 13.2 Å². The third-order valence-corrected chi connectivity index (χ3v) is 7.80. The SMILES string of the molecule is CCC[C@H]1CC[C@H](OC(=S)SC)[C@@H](C)N1S(=O)(=O)c1ccc(C)cc1. The number of hydrogen-bond donors (Lipinski definition) is 0. The summed E-state index contributed by atoms with van der Waals surface area (Å²) in [5.74, 6) is 0. The van der Waals surface area contributed by atoms with E-state index >= 15 is 0 Å². The van der Waals surface area contributed by atoms with Crippen LogP contribution in [0.3, 0.4) is 0 Å². The summed E-state index contributed by atoms with van der Waals surface area (Å²) in [7, 11) is -3.57. The third kappa shape index (κ3) is 4.76. The Labute approximate surface area is 161 Å². The van der Waals surface area contributed by atoms with Crippen LogP contribution in [0.2, 0.25) is 0 Å². The standard InChI is InChI=1S/C18H27NO3S3/c1-5-6-15-9-12-17(22-18(23)24-4)14(3)19(15)25(20,21)16-10-7-13(2)8-11-16/h7-8,10-11,14-15,17H,5-6,9,12H2,1-4H3/t14-,15+,17+/m1/s1. The van der Waals surface area contributed by atoms with Gasteiger partial charge < -0.3 is 4.74 Å². The molecule has 3 atom stereocenters. The Balaban J connectivity index is 2.36. The summed E-state index contributed by atoms with van der Waals surface area (Å²) in [5.41, 5.74) is 1.04. The molecular weight excluding hydrogens is 374 g/mol. The second-order valence-electron chi connectivity index (χ2n) is 6.52. The number of aryl methyl sites for hydroxylation is 1. The van der Waals surface area contributed by atoms with E-state index in [-0.39, 0.29) is 18.2 Å². The van der Waals surface area contributed by atoms with E-state index < -0.39 is 10.0 Å². The Morgan fingerprint density at radius 3 is 2.52 bits per heavy atom. The molecule has 0 radical (unpaired) electrons. The minimum absolute atomic E-state index is 0.00834. The van der Waals surface area contributed by atoms with Gasteiger partial charge in [0.05, 0.1) is 10.9 Å². The van der Waals surface area contributed by atoms with Gasteiger partial charge in [-0.25, -0.2) is 8.42 Å². The number of thiocarbonyl (C=S) groups is 1. The van der Waals surface area contributed by atoms with Crippen molar-refractivity contribution in [1.29, 1.82) is 0 Å². The molecule has 1 saturated heterocycles. The number of nitrogens with zero attached hydrogens (tertiary/aromatic N) is 1. The molecule has 2 rings (SSSR count). The summed E-state index contributed by atoms with van der Waals surface area (Å²) >= 11 is 6.56. The molecule has 1 heterocycles.